The Bertz CT molecular complexity index is 235. The Morgan fingerprint density at radius 3 is 2.36 bits per heavy atom. The highest BCUT2D eigenvalue weighted by atomic mass is 16.3. The Morgan fingerprint density at radius 1 is 1.43 bits per heavy atom. The Hall–Kier alpha value is -0.340. The van der Waals surface area contributed by atoms with E-state index in [2.05, 4.69) is 18.5 Å². The molecule has 2 heterocycles. The molecule has 2 aliphatic rings. The summed E-state index contributed by atoms with van der Waals surface area (Å²) < 4.78 is 0. The highest BCUT2D eigenvalue weighted by molar-refractivity contribution is 5.06. The average molecular weight is 195 g/mol. The Kier molecular flexibility index (Phi) is 2.44. The highest BCUT2D eigenvalue weighted by Crippen LogP contribution is 2.42. The standard InChI is InChI=1S/C12H21NO/c1-9(2)6-12(14)7-10-4-5-11(8-12)13(10)3/h10-11,14H,1,4-8H2,2-3H3. The summed E-state index contributed by atoms with van der Waals surface area (Å²) >= 11 is 0. The third kappa shape index (κ3) is 1.73. The van der Waals surface area contributed by atoms with Gasteiger partial charge in [0.25, 0.3) is 0 Å². The number of rotatable bonds is 2. The fourth-order valence-corrected chi connectivity index (χ4v) is 3.25. The first-order chi connectivity index (χ1) is 6.50. The average Bonchev–Trinajstić information content (AvgIpc) is 2.33. The van der Waals surface area contributed by atoms with Crippen LogP contribution in [0.4, 0.5) is 0 Å². The molecule has 0 aliphatic carbocycles. The normalized spacial score (nSPS) is 42.8. The van der Waals surface area contributed by atoms with Gasteiger partial charge < -0.3 is 10.0 Å². The summed E-state index contributed by atoms with van der Waals surface area (Å²) in [6, 6.07) is 1.22. The van der Waals surface area contributed by atoms with Crippen LogP contribution >= 0.6 is 0 Å². The molecular formula is C12H21NO. The molecule has 0 amide bonds. The molecule has 2 bridgehead atoms. The van der Waals surface area contributed by atoms with Crippen LogP contribution in [0, 0.1) is 0 Å². The first-order valence-corrected chi connectivity index (χ1v) is 5.59. The van der Waals surface area contributed by atoms with Crippen LogP contribution in [0.2, 0.25) is 0 Å². The topological polar surface area (TPSA) is 23.5 Å². The summed E-state index contributed by atoms with van der Waals surface area (Å²) in [4.78, 5) is 2.45. The molecule has 0 aromatic rings. The predicted molar refractivity (Wildman–Crippen MR) is 58.2 cm³/mol. The Balaban J connectivity index is 2.07. The third-order valence-electron chi connectivity index (χ3n) is 3.85. The minimum Gasteiger partial charge on any atom is -0.389 e. The highest BCUT2D eigenvalue weighted by Gasteiger charge is 2.45. The minimum atomic E-state index is -0.454. The maximum atomic E-state index is 10.5. The van der Waals surface area contributed by atoms with Crippen molar-refractivity contribution < 1.29 is 5.11 Å². The third-order valence-corrected chi connectivity index (χ3v) is 3.85. The lowest BCUT2D eigenvalue weighted by Gasteiger charge is -2.42. The van der Waals surface area contributed by atoms with E-state index in [0.717, 1.165) is 24.8 Å². The van der Waals surface area contributed by atoms with Crippen LogP contribution in [0.1, 0.15) is 39.0 Å². The van der Waals surface area contributed by atoms with Gasteiger partial charge >= 0.3 is 0 Å². The fourth-order valence-electron chi connectivity index (χ4n) is 3.25. The number of nitrogens with zero attached hydrogens (tertiary/aromatic N) is 1. The molecular weight excluding hydrogens is 174 g/mol. The van der Waals surface area contributed by atoms with E-state index < -0.39 is 5.60 Å². The van der Waals surface area contributed by atoms with Gasteiger partial charge in [-0.05, 0) is 46.1 Å². The van der Waals surface area contributed by atoms with Crippen molar-refractivity contribution >= 4 is 0 Å². The van der Waals surface area contributed by atoms with Crippen molar-refractivity contribution in [2.24, 2.45) is 0 Å². The molecule has 2 rings (SSSR count). The van der Waals surface area contributed by atoms with E-state index in [4.69, 9.17) is 0 Å². The van der Waals surface area contributed by atoms with Crippen LogP contribution in [0.15, 0.2) is 12.2 Å². The molecule has 2 aliphatic heterocycles. The van der Waals surface area contributed by atoms with Crippen molar-refractivity contribution in [1.29, 1.82) is 0 Å². The van der Waals surface area contributed by atoms with E-state index in [9.17, 15) is 5.11 Å². The van der Waals surface area contributed by atoms with Gasteiger partial charge in [-0.2, -0.15) is 0 Å². The molecule has 2 heteroatoms. The first-order valence-electron chi connectivity index (χ1n) is 5.59. The predicted octanol–water partition coefficient (Wildman–Crippen LogP) is 1.94. The molecule has 2 unspecified atom stereocenters. The van der Waals surface area contributed by atoms with E-state index in [1.807, 2.05) is 6.92 Å². The minimum absolute atomic E-state index is 0.454. The lowest BCUT2D eigenvalue weighted by Crippen LogP contribution is -2.49. The Morgan fingerprint density at radius 2 is 1.93 bits per heavy atom. The molecule has 2 fully saturated rings. The van der Waals surface area contributed by atoms with Gasteiger partial charge in [0.1, 0.15) is 0 Å². The molecule has 0 saturated carbocycles. The zero-order chi connectivity index (χ0) is 10.3. The van der Waals surface area contributed by atoms with E-state index in [1.54, 1.807) is 0 Å². The molecule has 80 valence electrons. The summed E-state index contributed by atoms with van der Waals surface area (Å²) in [5, 5.41) is 10.5. The van der Waals surface area contributed by atoms with E-state index >= 15 is 0 Å². The van der Waals surface area contributed by atoms with Crippen molar-refractivity contribution in [3.63, 3.8) is 0 Å². The maximum absolute atomic E-state index is 10.5. The summed E-state index contributed by atoms with van der Waals surface area (Å²) in [6.07, 6.45) is 5.19. The van der Waals surface area contributed by atoms with Crippen molar-refractivity contribution in [2.45, 2.75) is 56.7 Å². The number of fused-ring (bicyclic) bond motifs is 2. The lowest BCUT2D eigenvalue weighted by atomic mass is 9.82. The molecule has 2 nitrogen and oxygen atoms in total. The van der Waals surface area contributed by atoms with Crippen LogP contribution in [-0.2, 0) is 0 Å². The summed E-state index contributed by atoms with van der Waals surface area (Å²) in [6.45, 7) is 5.92. The van der Waals surface area contributed by atoms with E-state index in [1.165, 1.54) is 12.8 Å². The lowest BCUT2D eigenvalue weighted by molar-refractivity contribution is -0.0435. The molecule has 0 spiro atoms. The SMILES string of the molecule is C=C(C)CC1(O)CC2CCC(C1)N2C. The van der Waals surface area contributed by atoms with Gasteiger partial charge in [0, 0.05) is 12.1 Å². The molecule has 0 radical (unpaired) electrons. The molecule has 0 aromatic carbocycles. The van der Waals surface area contributed by atoms with Gasteiger partial charge in [0.15, 0.2) is 0 Å². The van der Waals surface area contributed by atoms with Gasteiger partial charge in [-0.15, -0.1) is 6.58 Å². The second-order valence-electron chi connectivity index (χ2n) is 5.32. The number of hydrogen-bond acceptors (Lipinski definition) is 2. The van der Waals surface area contributed by atoms with Gasteiger partial charge in [0.05, 0.1) is 5.60 Å². The molecule has 1 N–H and O–H groups in total. The first kappa shape index (κ1) is 10.2. The van der Waals surface area contributed by atoms with Gasteiger partial charge in [-0.25, -0.2) is 0 Å². The quantitative estimate of drug-likeness (QED) is 0.681. The molecule has 2 saturated heterocycles. The largest absolute Gasteiger partial charge is 0.389 e. The smallest absolute Gasteiger partial charge is 0.0714 e. The van der Waals surface area contributed by atoms with Crippen LogP contribution in [-0.4, -0.2) is 34.7 Å². The van der Waals surface area contributed by atoms with Gasteiger partial charge in [0.2, 0.25) is 0 Å². The summed E-state index contributed by atoms with van der Waals surface area (Å²) in [7, 11) is 2.20. The molecule has 14 heavy (non-hydrogen) atoms. The second kappa shape index (κ2) is 3.35. The molecule has 0 aromatic heterocycles. The van der Waals surface area contributed by atoms with Crippen molar-refractivity contribution in [3.8, 4) is 0 Å². The number of hydrogen-bond donors (Lipinski definition) is 1. The zero-order valence-electron chi connectivity index (χ0n) is 9.29. The van der Waals surface area contributed by atoms with Crippen molar-refractivity contribution in [2.75, 3.05) is 7.05 Å². The van der Waals surface area contributed by atoms with Crippen LogP contribution in [0.5, 0.6) is 0 Å². The summed E-state index contributed by atoms with van der Waals surface area (Å²) in [5.41, 5.74) is 0.654. The van der Waals surface area contributed by atoms with Crippen LogP contribution < -0.4 is 0 Å². The molecule has 2 atom stereocenters. The van der Waals surface area contributed by atoms with Crippen molar-refractivity contribution in [1.82, 2.24) is 4.90 Å². The van der Waals surface area contributed by atoms with Crippen molar-refractivity contribution in [3.05, 3.63) is 12.2 Å². The summed E-state index contributed by atoms with van der Waals surface area (Å²) in [5.74, 6) is 0. The zero-order valence-corrected chi connectivity index (χ0v) is 9.29. The number of aliphatic hydroxyl groups is 1. The fraction of sp³-hybridized carbons (Fsp3) is 0.833. The monoisotopic (exact) mass is 195 g/mol. The van der Waals surface area contributed by atoms with Gasteiger partial charge in [-0.1, -0.05) is 5.57 Å². The van der Waals surface area contributed by atoms with E-state index in [-0.39, 0.29) is 0 Å². The van der Waals surface area contributed by atoms with Crippen LogP contribution in [0.3, 0.4) is 0 Å². The second-order valence-corrected chi connectivity index (χ2v) is 5.32. The number of piperidine rings is 1. The Labute approximate surface area is 86.6 Å². The van der Waals surface area contributed by atoms with E-state index in [0.29, 0.717) is 12.1 Å². The van der Waals surface area contributed by atoms with Gasteiger partial charge in [-0.3, -0.25) is 0 Å². The maximum Gasteiger partial charge on any atom is 0.0714 e. The van der Waals surface area contributed by atoms with Crippen LogP contribution in [0.25, 0.3) is 0 Å².